The zero-order chi connectivity index (χ0) is 31.9. The van der Waals surface area contributed by atoms with Gasteiger partial charge in [0, 0.05) is 55.4 Å². The fourth-order valence-corrected chi connectivity index (χ4v) is 5.64. The van der Waals surface area contributed by atoms with E-state index in [2.05, 4.69) is 36.6 Å². The molecule has 13 heteroatoms. The second kappa shape index (κ2) is 14.2. The molecule has 0 atom stereocenters. The van der Waals surface area contributed by atoms with Crippen molar-refractivity contribution in [2.45, 2.75) is 50.4 Å². The summed E-state index contributed by atoms with van der Waals surface area (Å²) in [6, 6.07) is 16.3. The van der Waals surface area contributed by atoms with Crippen LogP contribution >= 0.6 is 0 Å². The van der Waals surface area contributed by atoms with Gasteiger partial charge in [0.1, 0.15) is 23.3 Å². The summed E-state index contributed by atoms with van der Waals surface area (Å²) in [6.45, 7) is 1.66. The summed E-state index contributed by atoms with van der Waals surface area (Å²) >= 11 is 0. The first-order valence-electron chi connectivity index (χ1n) is 15.3. The highest BCUT2D eigenvalue weighted by molar-refractivity contribution is 5.91. The van der Waals surface area contributed by atoms with E-state index in [1.54, 1.807) is 29.7 Å². The molecule has 3 aromatic heterocycles. The quantitative estimate of drug-likeness (QED) is 0.257. The third-order valence-electron chi connectivity index (χ3n) is 8.22. The first-order chi connectivity index (χ1) is 22.5. The van der Waals surface area contributed by atoms with Gasteiger partial charge in [-0.25, -0.2) is 24.7 Å². The molecule has 2 aliphatic rings. The maximum Gasteiger partial charge on any atom is 0.325 e. The number of hydrogen-bond donors (Lipinski definition) is 2. The number of rotatable bonds is 10. The second-order valence-corrected chi connectivity index (χ2v) is 11.5. The molecule has 4 heterocycles. The molecule has 236 valence electrons. The molecular formula is C33H36N10O3. The Morgan fingerprint density at radius 2 is 1.67 bits per heavy atom. The Bertz CT molecular complexity index is 1650. The molecule has 4 aromatic rings. The molecular weight excluding hydrogens is 584 g/mol. The first-order valence-corrected chi connectivity index (χ1v) is 15.3. The number of amides is 2. The van der Waals surface area contributed by atoms with Gasteiger partial charge in [-0.15, -0.1) is 0 Å². The Morgan fingerprint density at radius 1 is 0.935 bits per heavy atom. The van der Waals surface area contributed by atoms with Gasteiger partial charge >= 0.3 is 12.0 Å². The molecule has 13 nitrogen and oxygen atoms in total. The fourth-order valence-electron chi connectivity index (χ4n) is 5.64. The highest BCUT2D eigenvalue weighted by Crippen LogP contribution is 2.31. The van der Waals surface area contributed by atoms with E-state index in [0.29, 0.717) is 48.9 Å². The van der Waals surface area contributed by atoms with Gasteiger partial charge in [0.2, 0.25) is 5.95 Å². The predicted molar refractivity (Wildman–Crippen MR) is 172 cm³/mol. The number of hydrogen-bond acceptors (Lipinski definition) is 11. The minimum atomic E-state index is -0.112. The molecule has 1 saturated heterocycles. The molecule has 6 rings (SSSR count). The number of ether oxygens (including phenoxy) is 2. The Hall–Kier alpha value is -5.35. The summed E-state index contributed by atoms with van der Waals surface area (Å²) in [5, 5.41) is 16.2. The normalized spacial score (nSPS) is 17.7. The maximum absolute atomic E-state index is 14.1. The zero-order valence-corrected chi connectivity index (χ0v) is 25.8. The van der Waals surface area contributed by atoms with Crippen LogP contribution < -0.4 is 20.3 Å². The number of benzene rings is 1. The second-order valence-electron chi connectivity index (χ2n) is 11.5. The van der Waals surface area contributed by atoms with Crippen molar-refractivity contribution in [1.29, 1.82) is 5.26 Å². The van der Waals surface area contributed by atoms with Gasteiger partial charge in [-0.2, -0.15) is 10.2 Å². The number of nitrogens with zero attached hydrogens (tertiary/aromatic N) is 8. The fraction of sp³-hybridized carbons (Fsp3) is 0.364. The minimum absolute atomic E-state index is 0.0517. The number of pyridine rings is 1. The number of urea groups is 1. The van der Waals surface area contributed by atoms with E-state index in [4.69, 9.17) is 14.5 Å². The Balaban J connectivity index is 1.17. The largest absolute Gasteiger partial charge is 0.467 e. The average molecular weight is 621 g/mol. The molecule has 1 aliphatic carbocycles. The highest BCUT2D eigenvalue weighted by Gasteiger charge is 2.33. The standard InChI is InChI=1S/C33H36N10O3/c1-42(19-22-6-4-3-5-7-22)33(44)43(29-13-8-23(15-35-29)25-17-37-32(45-2)38-18-25)28-11-9-26(10-12-28)40-31-36-16-24(14-34)30(41-31)39-27-20-46-21-27/h3-8,13,15-18,26-28H,9-12,19-21H2,1-2H3,(H2,36,39,40,41)/t26-,28-. The molecule has 2 N–H and O–H groups in total. The van der Waals surface area contributed by atoms with Crippen LogP contribution in [0.1, 0.15) is 36.8 Å². The van der Waals surface area contributed by atoms with E-state index in [-0.39, 0.29) is 24.2 Å². The molecule has 1 aliphatic heterocycles. The molecule has 2 amide bonds. The summed E-state index contributed by atoms with van der Waals surface area (Å²) in [6.07, 6.45) is 9.80. The van der Waals surface area contributed by atoms with Crippen LogP contribution in [0.3, 0.4) is 0 Å². The van der Waals surface area contributed by atoms with Crippen molar-refractivity contribution >= 4 is 23.6 Å². The number of anilines is 3. The summed E-state index contributed by atoms with van der Waals surface area (Å²) in [4.78, 5) is 39.7. The van der Waals surface area contributed by atoms with Gasteiger partial charge in [-0.3, -0.25) is 4.90 Å². The van der Waals surface area contributed by atoms with E-state index in [9.17, 15) is 10.1 Å². The summed E-state index contributed by atoms with van der Waals surface area (Å²) in [5.41, 5.74) is 3.09. The maximum atomic E-state index is 14.1. The Labute approximate surface area is 267 Å². The van der Waals surface area contributed by atoms with Crippen LogP contribution in [0.25, 0.3) is 11.1 Å². The number of methoxy groups -OCH3 is 1. The number of carbonyl (C=O) groups is 1. The molecule has 1 saturated carbocycles. The van der Waals surface area contributed by atoms with Crippen LogP contribution in [-0.4, -0.2) is 81.3 Å². The number of carbonyl (C=O) groups excluding carboxylic acids is 1. The molecule has 46 heavy (non-hydrogen) atoms. The number of nitrogens with one attached hydrogen (secondary N) is 2. The van der Waals surface area contributed by atoms with Crippen molar-refractivity contribution in [2.24, 2.45) is 0 Å². The number of aromatic nitrogens is 5. The van der Waals surface area contributed by atoms with Crippen LogP contribution in [0, 0.1) is 11.3 Å². The lowest BCUT2D eigenvalue weighted by molar-refractivity contribution is 0.0209. The molecule has 1 aromatic carbocycles. The average Bonchev–Trinajstić information content (AvgIpc) is 3.08. The summed E-state index contributed by atoms with van der Waals surface area (Å²) in [5.74, 6) is 1.57. The smallest absolute Gasteiger partial charge is 0.325 e. The van der Waals surface area contributed by atoms with E-state index < -0.39 is 0 Å². The summed E-state index contributed by atoms with van der Waals surface area (Å²) in [7, 11) is 3.35. The van der Waals surface area contributed by atoms with E-state index in [1.807, 2.05) is 54.4 Å². The van der Waals surface area contributed by atoms with Crippen LogP contribution in [0.15, 0.2) is 67.3 Å². The Kier molecular flexibility index (Phi) is 9.45. The van der Waals surface area contributed by atoms with Gasteiger partial charge in [0.05, 0.1) is 32.6 Å². The molecule has 2 fully saturated rings. The van der Waals surface area contributed by atoms with Gasteiger partial charge in [0.15, 0.2) is 0 Å². The lowest BCUT2D eigenvalue weighted by atomic mass is 9.90. The van der Waals surface area contributed by atoms with Crippen molar-refractivity contribution in [3.8, 4) is 23.2 Å². The SMILES string of the molecule is COc1ncc(-c2ccc(N(C(=O)N(C)Cc3ccccc3)[C@H]3CC[C@H](Nc4ncc(C#N)c(NC5COC5)n4)CC3)nc2)cn1. The van der Waals surface area contributed by atoms with Gasteiger partial charge < -0.3 is 25.0 Å². The van der Waals surface area contributed by atoms with Crippen LogP contribution in [0.5, 0.6) is 6.01 Å². The molecule has 0 unspecified atom stereocenters. The van der Waals surface area contributed by atoms with Crippen LogP contribution in [0.2, 0.25) is 0 Å². The van der Waals surface area contributed by atoms with E-state index >= 15 is 0 Å². The van der Waals surface area contributed by atoms with Crippen molar-refractivity contribution in [2.75, 3.05) is 42.9 Å². The molecule has 0 spiro atoms. The molecule has 0 radical (unpaired) electrons. The third kappa shape index (κ3) is 7.13. The van der Waals surface area contributed by atoms with Crippen LogP contribution in [-0.2, 0) is 11.3 Å². The summed E-state index contributed by atoms with van der Waals surface area (Å²) < 4.78 is 10.3. The Morgan fingerprint density at radius 3 is 2.30 bits per heavy atom. The van der Waals surface area contributed by atoms with E-state index in [0.717, 1.165) is 42.4 Å². The lowest BCUT2D eigenvalue weighted by Gasteiger charge is -2.38. The van der Waals surface area contributed by atoms with Gasteiger partial charge in [-0.1, -0.05) is 30.3 Å². The van der Waals surface area contributed by atoms with Crippen molar-refractivity contribution in [1.82, 2.24) is 29.8 Å². The number of nitriles is 1. The van der Waals surface area contributed by atoms with Crippen molar-refractivity contribution < 1.29 is 14.3 Å². The topological polar surface area (TPSA) is 154 Å². The van der Waals surface area contributed by atoms with Crippen molar-refractivity contribution in [3.05, 3.63) is 78.4 Å². The highest BCUT2D eigenvalue weighted by atomic mass is 16.5. The van der Waals surface area contributed by atoms with Crippen molar-refractivity contribution in [3.63, 3.8) is 0 Å². The third-order valence-corrected chi connectivity index (χ3v) is 8.22. The predicted octanol–water partition coefficient (Wildman–Crippen LogP) is 4.50. The van der Waals surface area contributed by atoms with Crippen LogP contribution in [0.4, 0.5) is 22.4 Å². The first kappa shape index (κ1) is 30.7. The molecule has 0 bridgehead atoms. The lowest BCUT2D eigenvalue weighted by Crippen LogP contribution is -2.49. The van der Waals surface area contributed by atoms with E-state index in [1.165, 1.54) is 7.11 Å². The zero-order valence-electron chi connectivity index (χ0n) is 25.8. The minimum Gasteiger partial charge on any atom is -0.467 e. The monoisotopic (exact) mass is 620 g/mol. The van der Waals surface area contributed by atoms with Gasteiger partial charge in [-0.05, 0) is 43.4 Å². The van der Waals surface area contributed by atoms with Gasteiger partial charge in [0.25, 0.3) is 0 Å².